The minimum absolute atomic E-state index is 0.390. The molecule has 0 aliphatic heterocycles. The van der Waals surface area contributed by atoms with Crippen molar-refractivity contribution in [3.05, 3.63) is 50.7 Å². The Morgan fingerprint density at radius 2 is 2.14 bits per heavy atom. The summed E-state index contributed by atoms with van der Waals surface area (Å²) >= 11 is 3.82. The maximum absolute atomic E-state index is 4.77. The first-order chi connectivity index (χ1) is 10.3. The van der Waals surface area contributed by atoms with Gasteiger partial charge < -0.3 is 5.32 Å². The number of para-hydroxylation sites is 1. The van der Waals surface area contributed by atoms with Crippen LogP contribution in [0.5, 0.6) is 0 Å². The van der Waals surface area contributed by atoms with E-state index in [-0.39, 0.29) is 0 Å². The Morgan fingerprint density at radius 1 is 1.24 bits per heavy atom. The minimum Gasteiger partial charge on any atom is -0.312 e. The van der Waals surface area contributed by atoms with Crippen LogP contribution in [0.25, 0.3) is 10.2 Å². The molecule has 108 valence electrons. The second kappa shape index (κ2) is 5.52. The van der Waals surface area contributed by atoms with E-state index in [4.69, 9.17) is 4.98 Å². The highest BCUT2D eigenvalue weighted by Crippen LogP contribution is 2.35. The maximum atomic E-state index is 4.77. The van der Waals surface area contributed by atoms with Crippen LogP contribution in [0.1, 0.15) is 32.8 Å². The predicted molar refractivity (Wildman–Crippen MR) is 91.5 cm³/mol. The van der Waals surface area contributed by atoms with Crippen molar-refractivity contribution in [2.24, 2.45) is 0 Å². The molecule has 1 aromatic carbocycles. The summed E-state index contributed by atoms with van der Waals surface area (Å²) in [6, 6.07) is 11.2. The quantitative estimate of drug-likeness (QED) is 0.774. The van der Waals surface area contributed by atoms with E-state index in [0.29, 0.717) is 6.04 Å². The fraction of sp³-hybridized carbons (Fsp3) is 0.353. The van der Waals surface area contributed by atoms with Crippen LogP contribution in [0, 0.1) is 0 Å². The van der Waals surface area contributed by atoms with Crippen molar-refractivity contribution in [1.29, 1.82) is 0 Å². The van der Waals surface area contributed by atoms with Gasteiger partial charge in [0.25, 0.3) is 0 Å². The molecule has 1 N–H and O–H groups in total. The molecule has 0 fully saturated rings. The van der Waals surface area contributed by atoms with Crippen molar-refractivity contribution >= 4 is 32.9 Å². The summed E-state index contributed by atoms with van der Waals surface area (Å²) in [5.74, 6) is 0. The molecule has 2 aromatic heterocycles. The highest BCUT2D eigenvalue weighted by molar-refractivity contribution is 7.18. The van der Waals surface area contributed by atoms with Crippen LogP contribution in [0.2, 0.25) is 0 Å². The molecule has 1 unspecified atom stereocenters. The van der Waals surface area contributed by atoms with E-state index in [1.165, 1.54) is 33.8 Å². The summed E-state index contributed by atoms with van der Waals surface area (Å²) in [5.41, 5.74) is 2.71. The molecule has 2 nitrogen and oxygen atoms in total. The second-order valence-corrected chi connectivity index (χ2v) is 7.85. The van der Waals surface area contributed by atoms with Gasteiger partial charge in [0.1, 0.15) is 0 Å². The van der Waals surface area contributed by atoms with E-state index in [0.717, 1.165) is 11.9 Å². The van der Waals surface area contributed by atoms with Crippen molar-refractivity contribution in [1.82, 2.24) is 10.3 Å². The van der Waals surface area contributed by atoms with Crippen LogP contribution in [-0.4, -0.2) is 12.0 Å². The number of thiazole rings is 1. The Labute approximate surface area is 132 Å². The van der Waals surface area contributed by atoms with Crippen LogP contribution in [0.3, 0.4) is 0 Å². The number of likely N-dealkylation sites (N-methyl/N-ethyl adjacent to an activating group) is 1. The molecule has 1 aliphatic rings. The number of hydrogen-bond donors (Lipinski definition) is 1. The third kappa shape index (κ3) is 2.52. The van der Waals surface area contributed by atoms with Crippen LogP contribution in [0.15, 0.2) is 30.3 Å². The van der Waals surface area contributed by atoms with Crippen LogP contribution in [0.4, 0.5) is 0 Å². The number of thiophene rings is 1. The first-order valence-corrected chi connectivity index (χ1v) is 9.10. The van der Waals surface area contributed by atoms with Crippen LogP contribution < -0.4 is 5.32 Å². The van der Waals surface area contributed by atoms with Gasteiger partial charge in [-0.2, -0.15) is 0 Å². The minimum atomic E-state index is 0.390. The van der Waals surface area contributed by atoms with E-state index >= 15 is 0 Å². The van der Waals surface area contributed by atoms with Gasteiger partial charge in [-0.25, -0.2) is 4.98 Å². The summed E-state index contributed by atoms with van der Waals surface area (Å²) in [6.45, 7) is 0. The Morgan fingerprint density at radius 3 is 2.95 bits per heavy atom. The SMILES string of the molecule is CNC(Cc1nc2ccccc2s1)c1cc2c(s1)CCC2. The third-order valence-electron chi connectivity index (χ3n) is 4.17. The smallest absolute Gasteiger partial charge is 0.0957 e. The first kappa shape index (κ1) is 13.4. The summed E-state index contributed by atoms with van der Waals surface area (Å²) in [6.07, 6.45) is 4.86. The molecule has 0 saturated carbocycles. The van der Waals surface area contributed by atoms with Crippen molar-refractivity contribution in [3.8, 4) is 0 Å². The zero-order chi connectivity index (χ0) is 14.2. The molecule has 1 aliphatic carbocycles. The average Bonchev–Trinajstić information content (AvgIpc) is 3.17. The highest BCUT2D eigenvalue weighted by Gasteiger charge is 2.20. The zero-order valence-electron chi connectivity index (χ0n) is 12.1. The summed E-state index contributed by atoms with van der Waals surface area (Å²) in [7, 11) is 2.06. The molecule has 1 atom stereocenters. The maximum Gasteiger partial charge on any atom is 0.0957 e. The number of nitrogens with zero attached hydrogens (tertiary/aromatic N) is 1. The monoisotopic (exact) mass is 314 g/mol. The molecule has 21 heavy (non-hydrogen) atoms. The standard InChI is InChI=1S/C17H18N2S2/c1-18-13(16-9-11-5-4-8-14(11)20-16)10-17-19-12-6-2-3-7-15(12)21-17/h2-3,6-7,9,13,18H,4-5,8,10H2,1H3. The Hall–Kier alpha value is -1.23. The van der Waals surface area contributed by atoms with Gasteiger partial charge in [-0.15, -0.1) is 22.7 Å². The number of aromatic nitrogens is 1. The topological polar surface area (TPSA) is 24.9 Å². The fourth-order valence-electron chi connectivity index (χ4n) is 3.05. The van der Waals surface area contributed by atoms with Crippen molar-refractivity contribution < 1.29 is 0 Å². The molecular formula is C17H18N2S2. The molecule has 2 heterocycles. The molecule has 0 saturated heterocycles. The number of rotatable bonds is 4. The normalized spacial score (nSPS) is 15.5. The van der Waals surface area contributed by atoms with Crippen molar-refractivity contribution in [2.45, 2.75) is 31.7 Å². The Balaban J connectivity index is 1.60. The van der Waals surface area contributed by atoms with Gasteiger partial charge in [-0.1, -0.05) is 12.1 Å². The molecule has 4 heteroatoms. The summed E-state index contributed by atoms with van der Waals surface area (Å²) in [4.78, 5) is 7.85. The number of nitrogens with one attached hydrogen (secondary N) is 1. The Kier molecular flexibility index (Phi) is 3.53. The van der Waals surface area contributed by atoms with E-state index in [2.05, 4.69) is 42.7 Å². The lowest BCUT2D eigenvalue weighted by Crippen LogP contribution is -2.17. The van der Waals surface area contributed by atoms with Crippen LogP contribution >= 0.6 is 22.7 Å². The number of fused-ring (bicyclic) bond motifs is 2. The molecule has 0 radical (unpaired) electrons. The molecule has 0 spiro atoms. The van der Waals surface area contributed by atoms with Gasteiger partial charge in [-0.3, -0.25) is 0 Å². The number of hydrogen-bond acceptors (Lipinski definition) is 4. The van der Waals surface area contributed by atoms with Crippen LogP contribution in [-0.2, 0) is 19.3 Å². The largest absolute Gasteiger partial charge is 0.312 e. The highest BCUT2D eigenvalue weighted by atomic mass is 32.1. The van der Waals surface area contributed by atoms with E-state index in [9.17, 15) is 0 Å². The molecule has 0 bridgehead atoms. The summed E-state index contributed by atoms with van der Waals surface area (Å²) in [5, 5.41) is 4.70. The average molecular weight is 314 g/mol. The number of benzene rings is 1. The lowest BCUT2D eigenvalue weighted by Gasteiger charge is -2.12. The van der Waals surface area contributed by atoms with Gasteiger partial charge in [0.2, 0.25) is 0 Å². The van der Waals surface area contributed by atoms with Gasteiger partial charge in [0.05, 0.1) is 15.2 Å². The first-order valence-electron chi connectivity index (χ1n) is 7.46. The van der Waals surface area contributed by atoms with E-state index in [1.807, 2.05) is 22.7 Å². The molecule has 0 amide bonds. The zero-order valence-corrected chi connectivity index (χ0v) is 13.7. The number of aryl methyl sites for hydroxylation is 2. The molecule has 3 aromatic rings. The van der Waals surface area contributed by atoms with Gasteiger partial charge in [0, 0.05) is 22.2 Å². The summed E-state index contributed by atoms with van der Waals surface area (Å²) < 4.78 is 1.29. The lowest BCUT2D eigenvalue weighted by molar-refractivity contribution is 0.600. The Bertz CT molecular complexity index is 718. The lowest BCUT2D eigenvalue weighted by atomic mass is 10.1. The van der Waals surface area contributed by atoms with Gasteiger partial charge in [-0.05, 0) is 50.1 Å². The molecule has 4 rings (SSSR count). The van der Waals surface area contributed by atoms with E-state index < -0.39 is 0 Å². The van der Waals surface area contributed by atoms with Gasteiger partial charge >= 0.3 is 0 Å². The third-order valence-corrected chi connectivity index (χ3v) is 6.58. The fourth-order valence-corrected chi connectivity index (χ4v) is 5.43. The van der Waals surface area contributed by atoms with E-state index in [1.54, 1.807) is 10.4 Å². The van der Waals surface area contributed by atoms with Gasteiger partial charge in [0.15, 0.2) is 0 Å². The molecular weight excluding hydrogens is 296 g/mol. The second-order valence-electron chi connectivity index (χ2n) is 5.57. The van der Waals surface area contributed by atoms with Crippen molar-refractivity contribution in [3.63, 3.8) is 0 Å². The van der Waals surface area contributed by atoms with Crippen molar-refractivity contribution in [2.75, 3.05) is 7.05 Å². The predicted octanol–water partition coefficient (Wildman–Crippen LogP) is 4.35.